The third-order valence-electron chi connectivity index (χ3n) is 5.37. The molecule has 33 heavy (non-hydrogen) atoms. The summed E-state index contributed by atoms with van der Waals surface area (Å²) >= 11 is 0. The summed E-state index contributed by atoms with van der Waals surface area (Å²) in [6.07, 6.45) is -3.89. The molecule has 2 atom stereocenters. The highest BCUT2D eigenvalue weighted by atomic mass is 32.2. The highest BCUT2D eigenvalue weighted by Gasteiger charge is 2.42. The monoisotopic (exact) mass is 491 g/mol. The third-order valence-corrected chi connectivity index (χ3v) is 6.84. The minimum Gasteiger partial charge on any atom is -0.488 e. The average molecular weight is 491 g/mol. The summed E-state index contributed by atoms with van der Waals surface area (Å²) in [4.78, 5) is 12.5. The van der Waals surface area contributed by atoms with Crippen molar-refractivity contribution in [3.63, 3.8) is 0 Å². The Morgan fingerprint density at radius 3 is 2.58 bits per heavy atom. The molecule has 0 saturated heterocycles. The van der Waals surface area contributed by atoms with Crippen LogP contribution in [0.2, 0.25) is 0 Å². The lowest BCUT2D eigenvalue weighted by Crippen LogP contribution is -2.53. The van der Waals surface area contributed by atoms with Gasteiger partial charge in [0.1, 0.15) is 22.9 Å². The van der Waals surface area contributed by atoms with Crippen molar-refractivity contribution < 1.29 is 40.6 Å². The van der Waals surface area contributed by atoms with Gasteiger partial charge in [0.15, 0.2) is 11.4 Å². The number of amides is 1. The standard InChI is InChI=1S/C20H21F4N3O5S/c1-10(2)19(3,29)15-9-32-17-14(33(30,31)26-15)8-27(4)16(17)18(28)25-11-5-6-13(21)12(7-11)20(22,23)24/h5-8,15,26,29H,1,9H2,2-4H3,(H,25,28)/t15-,19?/m1/s1. The van der Waals surface area contributed by atoms with E-state index in [9.17, 15) is 35.9 Å². The maximum absolute atomic E-state index is 13.5. The van der Waals surface area contributed by atoms with Gasteiger partial charge in [-0.3, -0.25) is 4.79 Å². The van der Waals surface area contributed by atoms with Crippen LogP contribution >= 0.6 is 0 Å². The van der Waals surface area contributed by atoms with Crippen LogP contribution in [0.4, 0.5) is 23.2 Å². The second-order valence-electron chi connectivity index (χ2n) is 7.84. The molecular formula is C20H21F4N3O5S. The fourth-order valence-electron chi connectivity index (χ4n) is 3.21. The molecule has 0 bridgehead atoms. The van der Waals surface area contributed by atoms with E-state index in [1.54, 1.807) is 0 Å². The highest BCUT2D eigenvalue weighted by molar-refractivity contribution is 7.89. The van der Waals surface area contributed by atoms with Gasteiger partial charge in [0, 0.05) is 18.9 Å². The van der Waals surface area contributed by atoms with E-state index < -0.39 is 50.0 Å². The molecule has 1 aliphatic heterocycles. The van der Waals surface area contributed by atoms with Gasteiger partial charge in [0.25, 0.3) is 5.91 Å². The number of aliphatic hydroxyl groups is 1. The quantitative estimate of drug-likeness (QED) is 0.450. The predicted molar refractivity (Wildman–Crippen MR) is 110 cm³/mol. The van der Waals surface area contributed by atoms with E-state index in [-0.39, 0.29) is 29.3 Å². The van der Waals surface area contributed by atoms with E-state index in [1.165, 1.54) is 20.9 Å². The van der Waals surface area contributed by atoms with Crippen LogP contribution in [0.3, 0.4) is 0 Å². The van der Waals surface area contributed by atoms with Crippen molar-refractivity contribution in [2.45, 2.75) is 36.6 Å². The molecule has 8 nitrogen and oxygen atoms in total. The number of fused-ring (bicyclic) bond motifs is 1. The van der Waals surface area contributed by atoms with E-state index in [1.807, 2.05) is 0 Å². The first-order valence-corrected chi connectivity index (χ1v) is 10.9. The van der Waals surface area contributed by atoms with Gasteiger partial charge >= 0.3 is 6.18 Å². The number of halogens is 4. The van der Waals surface area contributed by atoms with Crippen molar-refractivity contribution >= 4 is 21.6 Å². The zero-order valence-corrected chi connectivity index (χ0v) is 18.6. The third kappa shape index (κ3) is 4.61. The number of alkyl halides is 3. The average Bonchev–Trinajstić information content (AvgIpc) is 2.96. The van der Waals surface area contributed by atoms with Crippen molar-refractivity contribution in [3.05, 3.63) is 53.6 Å². The van der Waals surface area contributed by atoms with Gasteiger partial charge in [-0.05, 0) is 37.6 Å². The summed E-state index contributed by atoms with van der Waals surface area (Å²) in [5, 5.41) is 12.8. The number of carbonyl (C=O) groups excluding carboxylic acids is 1. The number of rotatable bonds is 4. The Kier molecular flexibility index (Phi) is 6.11. The lowest BCUT2D eigenvalue weighted by Gasteiger charge is -2.32. The van der Waals surface area contributed by atoms with Gasteiger partial charge in [-0.2, -0.15) is 13.2 Å². The number of carbonyl (C=O) groups is 1. The van der Waals surface area contributed by atoms with Gasteiger partial charge in [0.2, 0.25) is 10.0 Å². The Morgan fingerprint density at radius 2 is 2.00 bits per heavy atom. The Morgan fingerprint density at radius 1 is 1.36 bits per heavy atom. The number of nitrogens with zero attached hydrogens (tertiary/aromatic N) is 1. The molecule has 13 heteroatoms. The summed E-state index contributed by atoms with van der Waals surface area (Å²) in [6, 6.07) is 0.774. The van der Waals surface area contributed by atoms with E-state index in [4.69, 9.17) is 4.74 Å². The zero-order valence-electron chi connectivity index (χ0n) is 17.7. The SMILES string of the molecule is C=C(C)C(C)(O)[C@H]1COc2c(cn(C)c2C(=O)Nc2ccc(F)c(C(F)(F)F)c2)S(=O)(=O)N1. The Labute approximate surface area is 186 Å². The van der Waals surface area contributed by atoms with E-state index in [2.05, 4.69) is 16.6 Å². The molecule has 0 aliphatic carbocycles. The normalized spacial score (nSPS) is 19.6. The second kappa shape index (κ2) is 8.15. The minimum atomic E-state index is -4.98. The van der Waals surface area contributed by atoms with E-state index in [0.717, 1.165) is 16.8 Å². The van der Waals surface area contributed by atoms with Crippen molar-refractivity contribution in [1.82, 2.24) is 9.29 Å². The number of aryl methyl sites for hydroxylation is 1. The number of nitrogens with one attached hydrogen (secondary N) is 2. The molecule has 3 N–H and O–H groups in total. The van der Waals surface area contributed by atoms with Crippen molar-refractivity contribution in [1.29, 1.82) is 0 Å². The summed E-state index contributed by atoms with van der Waals surface area (Å²) < 4.78 is 87.2. The van der Waals surface area contributed by atoms with Crippen molar-refractivity contribution in [2.24, 2.45) is 7.05 Å². The number of hydrogen-bond donors (Lipinski definition) is 3. The van der Waals surface area contributed by atoms with Crippen LogP contribution in [0.1, 0.15) is 29.9 Å². The molecule has 180 valence electrons. The molecule has 1 aromatic carbocycles. The number of benzene rings is 1. The van der Waals surface area contributed by atoms with Gasteiger partial charge in [-0.15, -0.1) is 0 Å². The molecule has 1 aliphatic rings. The molecule has 3 rings (SSSR count). The van der Waals surface area contributed by atoms with Crippen molar-refractivity contribution in [2.75, 3.05) is 11.9 Å². The van der Waals surface area contributed by atoms with Crippen LogP contribution in [-0.2, 0) is 23.2 Å². The first kappa shape index (κ1) is 24.7. The zero-order chi connectivity index (χ0) is 24.9. The lowest BCUT2D eigenvalue weighted by atomic mass is 9.91. The van der Waals surface area contributed by atoms with Gasteiger partial charge in [-0.1, -0.05) is 6.58 Å². The van der Waals surface area contributed by atoms with Gasteiger partial charge in [-0.25, -0.2) is 17.5 Å². The van der Waals surface area contributed by atoms with E-state index in [0.29, 0.717) is 12.1 Å². The maximum Gasteiger partial charge on any atom is 0.419 e. The number of hydrogen-bond acceptors (Lipinski definition) is 5. The first-order valence-electron chi connectivity index (χ1n) is 9.46. The summed E-state index contributed by atoms with van der Waals surface area (Å²) in [7, 11) is -2.92. The van der Waals surface area contributed by atoms with Gasteiger partial charge < -0.3 is 19.7 Å². The van der Waals surface area contributed by atoms with Crippen LogP contribution in [0.15, 0.2) is 41.4 Å². The van der Waals surface area contributed by atoms with Crippen LogP contribution < -0.4 is 14.8 Å². The second-order valence-corrected chi connectivity index (χ2v) is 9.52. The largest absolute Gasteiger partial charge is 0.488 e. The fraction of sp³-hybridized carbons (Fsp3) is 0.350. The summed E-state index contributed by atoms with van der Waals surface area (Å²) in [5.74, 6) is -2.84. The molecule has 2 heterocycles. The van der Waals surface area contributed by atoms with Crippen LogP contribution in [-0.4, -0.2) is 42.2 Å². The molecule has 1 aromatic heterocycles. The Bertz CT molecular complexity index is 1240. The maximum atomic E-state index is 13.5. The molecule has 0 spiro atoms. The lowest BCUT2D eigenvalue weighted by molar-refractivity contribution is -0.139. The molecular weight excluding hydrogens is 470 g/mol. The topological polar surface area (TPSA) is 110 Å². The van der Waals surface area contributed by atoms with Crippen LogP contribution in [0.5, 0.6) is 5.75 Å². The predicted octanol–water partition coefficient (Wildman–Crippen LogP) is 2.80. The fourth-order valence-corrected chi connectivity index (χ4v) is 4.70. The highest BCUT2D eigenvalue weighted by Crippen LogP contribution is 2.36. The van der Waals surface area contributed by atoms with Crippen molar-refractivity contribution in [3.8, 4) is 5.75 Å². The number of anilines is 1. The van der Waals surface area contributed by atoms with Crippen LogP contribution in [0, 0.1) is 5.82 Å². The number of aromatic nitrogens is 1. The number of ether oxygens (including phenoxy) is 1. The molecule has 2 aromatic rings. The van der Waals surface area contributed by atoms with E-state index >= 15 is 0 Å². The molecule has 0 fully saturated rings. The summed E-state index contributed by atoms with van der Waals surface area (Å²) in [6.45, 7) is 6.12. The van der Waals surface area contributed by atoms with Gasteiger partial charge in [0.05, 0.1) is 11.6 Å². The summed E-state index contributed by atoms with van der Waals surface area (Å²) in [5.41, 5.74) is -3.65. The Hall–Kier alpha value is -2.90. The molecule has 0 saturated carbocycles. The minimum absolute atomic E-state index is 0.265. The molecule has 1 unspecified atom stereocenters. The number of sulfonamides is 1. The molecule has 0 radical (unpaired) electrons. The first-order chi connectivity index (χ1) is 15.1. The van der Waals surface area contributed by atoms with Crippen LogP contribution in [0.25, 0.3) is 0 Å². The smallest absolute Gasteiger partial charge is 0.419 e. The Balaban J connectivity index is 1.98. The molecule has 1 amide bonds.